The van der Waals surface area contributed by atoms with Crippen molar-refractivity contribution >= 4 is 89.3 Å². The Labute approximate surface area is 336 Å². The molecule has 58 heavy (non-hydrogen) atoms. The Bertz CT molecular complexity index is 2390. The fraction of sp³-hybridized carbons (Fsp3) is 0. The number of nitrogens with one attached hydrogen (secondary N) is 3. The Balaban J connectivity index is 0.966. The first kappa shape index (κ1) is 35.5. The Morgan fingerprint density at radius 2 is 0.517 bits per heavy atom. The van der Waals surface area contributed by atoms with Gasteiger partial charge in [0.2, 0.25) is 35.8 Å². The molecule has 9 rings (SSSR count). The summed E-state index contributed by atoms with van der Waals surface area (Å²) in [6.45, 7) is 0. The molecule has 10 nitrogen and oxygen atoms in total. The molecule has 0 aliphatic carbocycles. The van der Waals surface area contributed by atoms with Crippen LogP contribution in [0.2, 0.25) is 0 Å². The van der Waals surface area contributed by atoms with Crippen LogP contribution in [-0.4, -0.2) is 40.7 Å². The summed E-state index contributed by atoms with van der Waals surface area (Å²) >= 11 is 0. The SMILES string of the molecule is C(=C\c1ccc(NC2=NC3=NC(Nc4ccc(/C=C/c5ccccc5)cc4)=NC4=NC(Nc5ccc(/C=C/c6ccccc6)cc5)=NC(=N2)N34)cc1)/c1ccccc1. The minimum atomic E-state index is 0.325. The van der Waals surface area contributed by atoms with Crippen LogP contribution in [0.1, 0.15) is 33.4 Å². The molecule has 0 amide bonds. The first-order chi connectivity index (χ1) is 28.6. The van der Waals surface area contributed by atoms with E-state index in [1.165, 1.54) is 0 Å². The fourth-order valence-corrected chi connectivity index (χ4v) is 6.14. The largest absolute Gasteiger partial charge is 0.324 e. The second-order valence-electron chi connectivity index (χ2n) is 13.4. The lowest BCUT2D eigenvalue weighted by Crippen LogP contribution is -2.49. The molecule has 0 radical (unpaired) electrons. The van der Waals surface area contributed by atoms with E-state index in [-0.39, 0.29) is 0 Å². The Hall–Kier alpha value is -8.24. The quantitative estimate of drug-likeness (QED) is 0.128. The van der Waals surface area contributed by atoms with Crippen molar-refractivity contribution in [1.82, 2.24) is 4.90 Å². The second-order valence-corrected chi connectivity index (χ2v) is 13.4. The molecule has 0 spiro atoms. The molecular formula is C48H36N10. The molecule has 3 aliphatic heterocycles. The van der Waals surface area contributed by atoms with E-state index in [0.29, 0.717) is 35.8 Å². The highest BCUT2D eigenvalue weighted by Gasteiger charge is 2.35. The molecule has 0 fully saturated rings. The maximum Gasteiger partial charge on any atom is 0.246 e. The molecule has 0 bridgehead atoms. The molecule has 0 saturated heterocycles. The van der Waals surface area contributed by atoms with E-state index in [4.69, 9.17) is 30.0 Å². The Kier molecular flexibility index (Phi) is 10.2. The summed E-state index contributed by atoms with van der Waals surface area (Å²) in [5, 5.41) is 10.0. The highest BCUT2D eigenvalue weighted by molar-refractivity contribution is 6.32. The number of nitrogens with zero attached hydrogens (tertiary/aromatic N) is 7. The van der Waals surface area contributed by atoms with E-state index in [0.717, 1.165) is 50.4 Å². The minimum Gasteiger partial charge on any atom is -0.324 e. The van der Waals surface area contributed by atoms with Crippen LogP contribution in [0, 0.1) is 0 Å². The van der Waals surface area contributed by atoms with Crippen molar-refractivity contribution in [3.8, 4) is 0 Å². The molecule has 0 aromatic heterocycles. The van der Waals surface area contributed by atoms with Gasteiger partial charge in [0.05, 0.1) is 0 Å². The summed E-state index contributed by atoms with van der Waals surface area (Å²) in [5.41, 5.74) is 9.04. The number of aliphatic imine (C=N–C) groups is 6. The molecule has 3 N–H and O–H groups in total. The smallest absolute Gasteiger partial charge is 0.246 e. The van der Waals surface area contributed by atoms with Gasteiger partial charge in [-0.3, -0.25) is 0 Å². The van der Waals surface area contributed by atoms with Crippen molar-refractivity contribution in [2.24, 2.45) is 30.0 Å². The lowest BCUT2D eigenvalue weighted by atomic mass is 10.1. The summed E-state index contributed by atoms with van der Waals surface area (Å²) in [6.07, 6.45) is 12.5. The molecule has 6 aromatic carbocycles. The number of benzene rings is 6. The van der Waals surface area contributed by atoms with Gasteiger partial charge in [0.15, 0.2) is 0 Å². The lowest BCUT2D eigenvalue weighted by molar-refractivity contribution is 0.826. The fourth-order valence-electron chi connectivity index (χ4n) is 6.14. The van der Waals surface area contributed by atoms with Gasteiger partial charge in [0.1, 0.15) is 0 Å². The first-order valence-electron chi connectivity index (χ1n) is 18.8. The van der Waals surface area contributed by atoms with Crippen LogP contribution in [0.15, 0.2) is 194 Å². The molecule has 0 atom stereocenters. The summed E-state index contributed by atoms with van der Waals surface area (Å²) in [7, 11) is 0. The summed E-state index contributed by atoms with van der Waals surface area (Å²) in [6, 6.07) is 54.7. The number of anilines is 3. The van der Waals surface area contributed by atoms with E-state index < -0.39 is 0 Å². The van der Waals surface area contributed by atoms with E-state index in [9.17, 15) is 0 Å². The van der Waals surface area contributed by atoms with Crippen LogP contribution in [0.4, 0.5) is 17.1 Å². The normalized spacial score (nSPS) is 14.6. The monoisotopic (exact) mass is 752 g/mol. The van der Waals surface area contributed by atoms with Crippen LogP contribution >= 0.6 is 0 Å². The first-order valence-corrected chi connectivity index (χ1v) is 18.8. The molecular weight excluding hydrogens is 717 g/mol. The standard InChI is InChI=1S/C48H36N10/c1-4-10-34(11-5-1)16-19-37-22-28-40(29-23-37)49-43-52-46-54-44(50-41-30-24-38(25-31-41)20-17-35-12-6-2-7-13-35)56-48-57-45(55-47(53-43)58(46)48)51-42-32-26-39(27-33-42)21-18-36-14-8-3-9-15-36/h1-33H,(H3,49,50,51,52,53,54,55,56,57)/b19-16+,20-17+,21-18+. The zero-order valence-corrected chi connectivity index (χ0v) is 31.2. The minimum absolute atomic E-state index is 0.325. The van der Waals surface area contributed by atoms with Crippen molar-refractivity contribution < 1.29 is 0 Å². The lowest BCUT2D eigenvalue weighted by Gasteiger charge is -2.30. The third-order valence-corrected chi connectivity index (χ3v) is 9.14. The molecule has 278 valence electrons. The number of hydrogen-bond acceptors (Lipinski definition) is 10. The van der Waals surface area contributed by atoms with E-state index >= 15 is 0 Å². The van der Waals surface area contributed by atoms with Gasteiger partial charge in [-0.15, -0.1) is 0 Å². The third kappa shape index (κ3) is 8.83. The number of guanidine groups is 6. The predicted octanol–water partition coefficient (Wildman–Crippen LogP) is 10.3. The molecule has 0 saturated carbocycles. The second kappa shape index (κ2) is 16.6. The van der Waals surface area contributed by atoms with Crippen LogP contribution in [0.3, 0.4) is 0 Å². The maximum atomic E-state index is 4.77. The van der Waals surface area contributed by atoms with Crippen LogP contribution in [0.5, 0.6) is 0 Å². The van der Waals surface area contributed by atoms with Crippen molar-refractivity contribution in [3.05, 3.63) is 197 Å². The molecule has 3 heterocycles. The summed E-state index contributed by atoms with van der Waals surface area (Å²) in [4.78, 5) is 30.3. The zero-order valence-electron chi connectivity index (χ0n) is 31.2. The van der Waals surface area contributed by atoms with Gasteiger partial charge in [-0.1, -0.05) is 164 Å². The van der Waals surface area contributed by atoms with Gasteiger partial charge in [-0.2, -0.15) is 30.0 Å². The van der Waals surface area contributed by atoms with E-state index in [1.54, 1.807) is 4.90 Å². The topological polar surface area (TPSA) is 113 Å². The molecule has 3 aliphatic rings. The molecule has 10 heteroatoms. The highest BCUT2D eigenvalue weighted by atomic mass is 15.5. The summed E-state index contributed by atoms with van der Waals surface area (Å²) < 4.78 is 0. The van der Waals surface area contributed by atoms with Gasteiger partial charge in [-0.05, 0) is 69.8 Å². The van der Waals surface area contributed by atoms with Gasteiger partial charge in [-0.25, -0.2) is 4.90 Å². The van der Waals surface area contributed by atoms with E-state index in [1.807, 2.05) is 127 Å². The summed E-state index contributed by atoms with van der Waals surface area (Å²) in [5.74, 6) is 1.95. The van der Waals surface area contributed by atoms with Crippen LogP contribution in [-0.2, 0) is 0 Å². The third-order valence-electron chi connectivity index (χ3n) is 9.14. The van der Waals surface area contributed by atoms with Gasteiger partial charge >= 0.3 is 0 Å². The van der Waals surface area contributed by atoms with Gasteiger partial charge in [0, 0.05) is 17.1 Å². The highest BCUT2D eigenvalue weighted by Crippen LogP contribution is 2.22. The van der Waals surface area contributed by atoms with Crippen molar-refractivity contribution in [2.45, 2.75) is 0 Å². The van der Waals surface area contributed by atoms with Crippen LogP contribution in [0.25, 0.3) is 36.5 Å². The van der Waals surface area contributed by atoms with Gasteiger partial charge in [0.25, 0.3) is 0 Å². The predicted molar refractivity (Wildman–Crippen MR) is 243 cm³/mol. The van der Waals surface area contributed by atoms with Crippen molar-refractivity contribution in [2.75, 3.05) is 16.0 Å². The number of rotatable bonds is 9. The van der Waals surface area contributed by atoms with Crippen molar-refractivity contribution in [3.63, 3.8) is 0 Å². The van der Waals surface area contributed by atoms with Crippen LogP contribution < -0.4 is 16.0 Å². The molecule has 0 unspecified atom stereocenters. The average molecular weight is 753 g/mol. The van der Waals surface area contributed by atoms with Crippen molar-refractivity contribution in [1.29, 1.82) is 0 Å². The Morgan fingerprint density at radius 1 is 0.276 bits per heavy atom. The number of hydrogen-bond donors (Lipinski definition) is 3. The average Bonchev–Trinajstić information content (AvgIpc) is 3.26. The Morgan fingerprint density at radius 3 is 0.776 bits per heavy atom. The zero-order chi connectivity index (χ0) is 38.9. The van der Waals surface area contributed by atoms with Gasteiger partial charge < -0.3 is 16.0 Å². The van der Waals surface area contributed by atoms with E-state index in [2.05, 4.69) is 88.8 Å². The molecule has 6 aromatic rings. The maximum absolute atomic E-state index is 4.77.